The summed E-state index contributed by atoms with van der Waals surface area (Å²) in [4.78, 5) is 14.1. The average molecular weight is 327 g/mol. The predicted molar refractivity (Wildman–Crippen MR) is 92.1 cm³/mol. The third kappa shape index (κ3) is 2.51. The number of carboxylic acid groups (broad SMARTS) is 1. The maximum absolute atomic E-state index is 11.5. The Morgan fingerprint density at radius 2 is 2.17 bits per heavy atom. The highest BCUT2D eigenvalue weighted by Gasteiger charge is 2.49. The quantitative estimate of drug-likeness (QED) is 0.938. The standard InChI is InChI=1S/C19H25N3O2/c1-18(2)7-14-8-19(3,11-18)12-21(14)10-13-5-4-6-22-16(13)15(9-20-22)17(23)24/h4-6,9,14H,7-8,10-12H2,1-3H3,(H,23,24). The van der Waals surface area contributed by atoms with Crippen LogP contribution in [-0.4, -0.2) is 38.2 Å². The van der Waals surface area contributed by atoms with Crippen molar-refractivity contribution in [3.63, 3.8) is 0 Å². The molecule has 1 saturated carbocycles. The Morgan fingerprint density at radius 1 is 1.38 bits per heavy atom. The molecule has 2 aliphatic rings. The summed E-state index contributed by atoms with van der Waals surface area (Å²) in [6.07, 6.45) is 7.01. The van der Waals surface area contributed by atoms with Crippen LogP contribution in [0, 0.1) is 10.8 Å². The third-order valence-electron chi connectivity index (χ3n) is 5.75. The van der Waals surface area contributed by atoms with Gasteiger partial charge in [0, 0.05) is 25.3 Å². The minimum Gasteiger partial charge on any atom is -0.478 e. The van der Waals surface area contributed by atoms with E-state index in [1.54, 1.807) is 4.52 Å². The molecule has 0 spiro atoms. The van der Waals surface area contributed by atoms with Crippen LogP contribution < -0.4 is 0 Å². The number of likely N-dealkylation sites (tertiary alicyclic amines) is 1. The summed E-state index contributed by atoms with van der Waals surface area (Å²) in [5.41, 5.74) is 2.85. The van der Waals surface area contributed by atoms with Gasteiger partial charge in [-0.15, -0.1) is 0 Å². The minimum atomic E-state index is -0.911. The zero-order valence-electron chi connectivity index (χ0n) is 14.6. The Hall–Kier alpha value is -1.88. The Labute approximate surface area is 142 Å². The van der Waals surface area contributed by atoms with Gasteiger partial charge in [0.2, 0.25) is 0 Å². The van der Waals surface area contributed by atoms with Crippen LogP contribution in [0.15, 0.2) is 24.5 Å². The first-order valence-corrected chi connectivity index (χ1v) is 8.69. The Bertz CT molecular complexity index is 810. The molecule has 1 aliphatic heterocycles. The van der Waals surface area contributed by atoms with Gasteiger partial charge in [0.1, 0.15) is 5.56 Å². The van der Waals surface area contributed by atoms with Gasteiger partial charge in [-0.3, -0.25) is 4.90 Å². The molecule has 2 aromatic heterocycles. The van der Waals surface area contributed by atoms with E-state index in [9.17, 15) is 9.90 Å². The molecule has 2 fully saturated rings. The molecule has 4 rings (SSSR count). The van der Waals surface area contributed by atoms with Crippen molar-refractivity contribution in [1.82, 2.24) is 14.5 Å². The van der Waals surface area contributed by atoms with Gasteiger partial charge in [0.05, 0.1) is 11.7 Å². The molecule has 2 atom stereocenters. The predicted octanol–water partition coefficient (Wildman–Crippen LogP) is 3.43. The van der Waals surface area contributed by atoms with Crippen LogP contribution >= 0.6 is 0 Å². The number of hydrogen-bond acceptors (Lipinski definition) is 3. The molecular weight excluding hydrogens is 302 g/mol. The maximum atomic E-state index is 11.5. The van der Waals surface area contributed by atoms with Gasteiger partial charge >= 0.3 is 5.97 Å². The van der Waals surface area contributed by atoms with Crippen molar-refractivity contribution in [3.05, 3.63) is 35.7 Å². The Balaban J connectivity index is 1.68. The lowest BCUT2D eigenvalue weighted by molar-refractivity contribution is 0.0699. The number of aromatic nitrogens is 2. The monoisotopic (exact) mass is 327 g/mol. The largest absolute Gasteiger partial charge is 0.478 e. The van der Waals surface area contributed by atoms with Crippen LogP contribution in [0.1, 0.15) is 56.0 Å². The number of fused-ring (bicyclic) bond motifs is 3. The summed E-state index contributed by atoms with van der Waals surface area (Å²) in [6, 6.07) is 4.59. The van der Waals surface area contributed by atoms with Crippen molar-refractivity contribution in [2.45, 2.75) is 52.6 Å². The molecule has 24 heavy (non-hydrogen) atoms. The van der Waals surface area contributed by atoms with Crippen LogP contribution in [0.2, 0.25) is 0 Å². The summed E-state index contributed by atoms with van der Waals surface area (Å²) in [7, 11) is 0. The lowest BCUT2D eigenvalue weighted by Gasteiger charge is -2.40. The maximum Gasteiger partial charge on any atom is 0.339 e. The van der Waals surface area contributed by atoms with Crippen molar-refractivity contribution in [2.24, 2.45) is 10.8 Å². The summed E-state index contributed by atoms with van der Waals surface area (Å²) in [5, 5.41) is 13.6. The van der Waals surface area contributed by atoms with Crippen LogP contribution in [0.3, 0.4) is 0 Å². The molecule has 2 bridgehead atoms. The number of nitrogens with zero attached hydrogens (tertiary/aromatic N) is 3. The smallest absolute Gasteiger partial charge is 0.339 e. The zero-order chi connectivity index (χ0) is 17.1. The number of carbonyl (C=O) groups is 1. The molecule has 3 heterocycles. The molecule has 2 unspecified atom stereocenters. The van der Waals surface area contributed by atoms with E-state index >= 15 is 0 Å². The highest BCUT2D eigenvalue weighted by atomic mass is 16.4. The first kappa shape index (κ1) is 15.6. The second-order valence-corrected chi connectivity index (χ2v) is 8.81. The summed E-state index contributed by atoms with van der Waals surface area (Å²) < 4.78 is 1.69. The Kier molecular flexibility index (Phi) is 3.29. The highest BCUT2D eigenvalue weighted by Crippen LogP contribution is 2.52. The van der Waals surface area contributed by atoms with E-state index in [4.69, 9.17) is 0 Å². The first-order valence-electron chi connectivity index (χ1n) is 8.69. The summed E-state index contributed by atoms with van der Waals surface area (Å²) >= 11 is 0. The fourth-order valence-corrected chi connectivity index (χ4v) is 5.38. The van der Waals surface area contributed by atoms with Crippen molar-refractivity contribution < 1.29 is 9.90 Å². The van der Waals surface area contributed by atoms with Crippen LogP contribution in [0.5, 0.6) is 0 Å². The molecule has 1 saturated heterocycles. The normalized spacial score (nSPS) is 29.2. The van der Waals surface area contributed by atoms with E-state index in [0.29, 0.717) is 22.4 Å². The van der Waals surface area contributed by atoms with Gasteiger partial charge in [-0.05, 0) is 41.7 Å². The zero-order valence-corrected chi connectivity index (χ0v) is 14.6. The van der Waals surface area contributed by atoms with Crippen molar-refractivity contribution in [3.8, 4) is 0 Å². The lowest BCUT2D eigenvalue weighted by Crippen LogP contribution is -2.34. The van der Waals surface area contributed by atoms with Gasteiger partial charge in [-0.25, -0.2) is 9.31 Å². The number of pyridine rings is 1. The van der Waals surface area contributed by atoms with E-state index in [1.165, 1.54) is 25.5 Å². The van der Waals surface area contributed by atoms with Gasteiger partial charge < -0.3 is 5.11 Å². The number of hydrogen-bond donors (Lipinski definition) is 1. The molecule has 5 heteroatoms. The molecule has 1 N–H and O–H groups in total. The molecule has 0 amide bonds. The second-order valence-electron chi connectivity index (χ2n) is 8.81. The molecule has 0 aromatic carbocycles. The fourth-order valence-electron chi connectivity index (χ4n) is 5.38. The van der Waals surface area contributed by atoms with E-state index in [-0.39, 0.29) is 0 Å². The number of rotatable bonds is 3. The molecular formula is C19H25N3O2. The van der Waals surface area contributed by atoms with Crippen molar-refractivity contribution in [1.29, 1.82) is 0 Å². The third-order valence-corrected chi connectivity index (χ3v) is 5.75. The van der Waals surface area contributed by atoms with Crippen LogP contribution in [0.25, 0.3) is 5.52 Å². The van der Waals surface area contributed by atoms with Crippen molar-refractivity contribution in [2.75, 3.05) is 6.54 Å². The van der Waals surface area contributed by atoms with Gasteiger partial charge in [0.15, 0.2) is 0 Å². The molecule has 1 aliphatic carbocycles. The summed E-state index contributed by atoms with van der Waals surface area (Å²) in [5.74, 6) is -0.911. The average Bonchev–Trinajstić information content (AvgIpc) is 2.98. The molecule has 5 nitrogen and oxygen atoms in total. The van der Waals surface area contributed by atoms with E-state index in [2.05, 4.69) is 30.8 Å². The van der Waals surface area contributed by atoms with E-state index in [1.807, 2.05) is 18.3 Å². The number of carboxylic acids is 1. The topological polar surface area (TPSA) is 57.8 Å². The highest BCUT2D eigenvalue weighted by molar-refractivity contribution is 5.96. The SMILES string of the molecule is CC1(C)CC2CC(C)(CN2Cc2cccn3ncc(C(=O)O)c23)C1. The lowest BCUT2D eigenvalue weighted by atomic mass is 9.65. The van der Waals surface area contributed by atoms with Gasteiger partial charge in [0.25, 0.3) is 0 Å². The molecule has 2 aromatic rings. The van der Waals surface area contributed by atoms with Crippen molar-refractivity contribution >= 4 is 11.5 Å². The molecule has 128 valence electrons. The fraction of sp³-hybridized carbons (Fsp3) is 0.579. The summed E-state index contributed by atoms with van der Waals surface area (Å²) in [6.45, 7) is 9.05. The minimum absolute atomic E-state index is 0.291. The van der Waals surface area contributed by atoms with Crippen LogP contribution in [-0.2, 0) is 6.54 Å². The van der Waals surface area contributed by atoms with Crippen LogP contribution in [0.4, 0.5) is 0 Å². The number of aromatic carboxylic acids is 1. The van der Waals surface area contributed by atoms with Gasteiger partial charge in [-0.2, -0.15) is 5.10 Å². The van der Waals surface area contributed by atoms with E-state index < -0.39 is 5.97 Å². The van der Waals surface area contributed by atoms with Gasteiger partial charge in [-0.1, -0.05) is 26.8 Å². The molecule has 0 radical (unpaired) electrons. The second kappa shape index (κ2) is 5.06. The van der Waals surface area contributed by atoms with E-state index in [0.717, 1.165) is 24.2 Å². The Morgan fingerprint density at radius 3 is 2.92 bits per heavy atom. The first-order chi connectivity index (χ1) is 11.3.